The molecule has 0 bridgehead atoms. The predicted molar refractivity (Wildman–Crippen MR) is 96.3 cm³/mol. The van der Waals surface area contributed by atoms with Crippen LogP contribution >= 0.6 is 0 Å². The fraction of sp³-hybridized carbons (Fsp3) is 0.158. The van der Waals surface area contributed by atoms with Gasteiger partial charge in [-0.3, -0.25) is 0 Å². The summed E-state index contributed by atoms with van der Waals surface area (Å²) in [7, 11) is 0. The van der Waals surface area contributed by atoms with E-state index in [1.165, 1.54) is 0 Å². The molecule has 8 heteroatoms. The highest BCUT2D eigenvalue weighted by molar-refractivity contribution is 5.89. The van der Waals surface area contributed by atoms with Gasteiger partial charge < -0.3 is 9.84 Å². The Morgan fingerprint density at radius 2 is 1.63 bits per heavy atom. The zero-order chi connectivity index (χ0) is 18.8. The van der Waals surface area contributed by atoms with E-state index in [1.54, 1.807) is 31.2 Å². The van der Waals surface area contributed by atoms with Crippen molar-refractivity contribution in [3.8, 4) is 11.5 Å². The Hall–Kier alpha value is -3.42. The van der Waals surface area contributed by atoms with Crippen molar-refractivity contribution in [2.75, 3.05) is 5.32 Å². The van der Waals surface area contributed by atoms with Gasteiger partial charge in [-0.25, -0.2) is 18.7 Å². The van der Waals surface area contributed by atoms with E-state index in [-0.39, 0.29) is 0 Å². The number of fused-ring (bicyclic) bond motifs is 1. The van der Waals surface area contributed by atoms with Crippen LogP contribution in [0.5, 0.6) is 0 Å². The van der Waals surface area contributed by atoms with Crippen LogP contribution in [0.2, 0.25) is 0 Å². The first-order chi connectivity index (χ1) is 13.1. The Morgan fingerprint density at radius 3 is 2.41 bits per heavy atom. The molecule has 0 radical (unpaired) electrons. The largest absolute Gasteiger partial charge is 0.360 e. The predicted octanol–water partition coefficient (Wildman–Crippen LogP) is 4.79. The van der Waals surface area contributed by atoms with Gasteiger partial charge in [0, 0.05) is 10.9 Å². The number of anilines is 1. The van der Waals surface area contributed by atoms with Crippen LogP contribution in [0.15, 0.2) is 59.1 Å². The zero-order valence-corrected chi connectivity index (χ0v) is 14.3. The summed E-state index contributed by atoms with van der Waals surface area (Å²) in [6.45, 7) is 1.80. The van der Waals surface area contributed by atoms with Crippen LogP contribution in [-0.4, -0.2) is 20.1 Å². The number of hydrogen-bond donors (Lipinski definition) is 1. The van der Waals surface area contributed by atoms with Gasteiger partial charge in [-0.05, 0) is 31.2 Å². The molecule has 0 aliphatic carbocycles. The quantitative estimate of drug-likeness (QED) is 0.546. The summed E-state index contributed by atoms with van der Waals surface area (Å²) in [6.07, 6.45) is -2.76. The summed E-state index contributed by atoms with van der Waals surface area (Å²) < 4.78 is 31.6. The van der Waals surface area contributed by atoms with Gasteiger partial charge in [-0.1, -0.05) is 35.5 Å². The molecule has 1 N–H and O–H groups in total. The molecular formula is C19H15F2N5O. The average Bonchev–Trinajstić information content (AvgIpc) is 3.19. The highest BCUT2D eigenvalue weighted by Crippen LogP contribution is 2.27. The minimum atomic E-state index is -2.76. The highest BCUT2D eigenvalue weighted by Gasteiger charge is 2.19. The molecule has 0 spiro atoms. The summed E-state index contributed by atoms with van der Waals surface area (Å²) in [6, 6.07) is 15.9. The first-order valence-electron chi connectivity index (χ1n) is 8.32. The number of nitrogens with zero attached hydrogens (tertiary/aromatic N) is 4. The third kappa shape index (κ3) is 3.46. The number of rotatable bonds is 5. The summed E-state index contributed by atoms with van der Waals surface area (Å²) in [5.41, 5.74) is 1.24. The lowest BCUT2D eigenvalue weighted by atomic mass is 10.2. The number of benzene rings is 2. The van der Waals surface area contributed by atoms with Crippen molar-refractivity contribution in [2.45, 2.75) is 19.4 Å². The summed E-state index contributed by atoms with van der Waals surface area (Å²) in [4.78, 5) is 12.3. The number of aromatic nitrogens is 4. The molecule has 0 fully saturated rings. The van der Waals surface area contributed by atoms with E-state index in [1.807, 2.05) is 30.3 Å². The Labute approximate surface area is 153 Å². The van der Waals surface area contributed by atoms with Crippen LogP contribution in [0.25, 0.3) is 22.4 Å². The molecular weight excluding hydrogens is 352 g/mol. The lowest BCUT2D eigenvalue weighted by Gasteiger charge is -2.14. The van der Waals surface area contributed by atoms with E-state index in [0.717, 1.165) is 5.56 Å². The van der Waals surface area contributed by atoms with Gasteiger partial charge in [-0.15, -0.1) is 0 Å². The Kier molecular flexibility index (Phi) is 4.45. The molecule has 1 unspecified atom stereocenters. The average molecular weight is 367 g/mol. The minimum Gasteiger partial charge on any atom is -0.360 e. The fourth-order valence-electron chi connectivity index (χ4n) is 2.68. The standard InChI is InChI=1S/C19H15F2N5O/c1-11(16-25-19(27-26-16)12-7-3-2-4-8-12)22-17-13-9-5-6-10-14(13)23-18(24-17)15(20)21/h2-11,15H,1H3,(H,22,23,24). The first kappa shape index (κ1) is 17.0. The molecule has 0 aliphatic heterocycles. The molecule has 6 nitrogen and oxygen atoms in total. The number of para-hydroxylation sites is 1. The Morgan fingerprint density at radius 1 is 0.889 bits per heavy atom. The van der Waals surface area contributed by atoms with Gasteiger partial charge in [0.05, 0.1) is 11.6 Å². The minimum absolute atomic E-state index is 0.300. The smallest absolute Gasteiger partial charge is 0.297 e. The first-order valence-corrected chi connectivity index (χ1v) is 8.32. The Bertz CT molecular complexity index is 1070. The third-order valence-electron chi connectivity index (χ3n) is 4.02. The topological polar surface area (TPSA) is 76.7 Å². The molecule has 4 aromatic rings. The van der Waals surface area contributed by atoms with E-state index >= 15 is 0 Å². The van der Waals surface area contributed by atoms with Crippen molar-refractivity contribution in [3.63, 3.8) is 0 Å². The van der Waals surface area contributed by atoms with Crippen LogP contribution in [0, 0.1) is 0 Å². The molecule has 2 aromatic carbocycles. The van der Waals surface area contributed by atoms with Gasteiger partial charge >= 0.3 is 0 Å². The van der Waals surface area contributed by atoms with Crippen molar-refractivity contribution in [1.82, 2.24) is 20.1 Å². The fourth-order valence-corrected chi connectivity index (χ4v) is 2.68. The maximum absolute atomic E-state index is 13.1. The second-order valence-electron chi connectivity index (χ2n) is 5.94. The molecule has 0 amide bonds. The van der Waals surface area contributed by atoms with Gasteiger partial charge in [0.15, 0.2) is 11.6 Å². The monoisotopic (exact) mass is 367 g/mol. The second-order valence-corrected chi connectivity index (χ2v) is 5.94. The van der Waals surface area contributed by atoms with E-state index in [0.29, 0.717) is 28.4 Å². The number of nitrogens with one attached hydrogen (secondary N) is 1. The molecule has 0 saturated carbocycles. The molecule has 2 aromatic heterocycles. The summed E-state index contributed by atoms with van der Waals surface area (Å²) in [5, 5.41) is 7.72. The van der Waals surface area contributed by atoms with Crippen LogP contribution < -0.4 is 5.32 Å². The SMILES string of the molecule is CC(Nc1nc(C(F)F)nc2ccccc12)c1noc(-c2ccccc2)n1. The highest BCUT2D eigenvalue weighted by atomic mass is 19.3. The lowest BCUT2D eigenvalue weighted by Crippen LogP contribution is -2.11. The van der Waals surface area contributed by atoms with Crippen molar-refractivity contribution < 1.29 is 13.3 Å². The normalized spacial score (nSPS) is 12.4. The Balaban J connectivity index is 1.65. The number of alkyl halides is 2. The van der Waals surface area contributed by atoms with Crippen molar-refractivity contribution in [1.29, 1.82) is 0 Å². The maximum Gasteiger partial charge on any atom is 0.297 e. The summed E-state index contributed by atoms with van der Waals surface area (Å²) >= 11 is 0. The molecule has 4 rings (SSSR count). The van der Waals surface area contributed by atoms with Crippen molar-refractivity contribution in [2.24, 2.45) is 0 Å². The van der Waals surface area contributed by atoms with E-state index in [9.17, 15) is 8.78 Å². The van der Waals surface area contributed by atoms with Gasteiger partial charge in [0.1, 0.15) is 5.82 Å². The molecule has 0 saturated heterocycles. The van der Waals surface area contributed by atoms with Crippen LogP contribution in [0.1, 0.15) is 31.0 Å². The molecule has 27 heavy (non-hydrogen) atoms. The third-order valence-corrected chi connectivity index (χ3v) is 4.02. The van der Waals surface area contributed by atoms with Crippen LogP contribution in [0.3, 0.4) is 0 Å². The zero-order valence-electron chi connectivity index (χ0n) is 14.3. The van der Waals surface area contributed by atoms with Crippen molar-refractivity contribution in [3.05, 3.63) is 66.2 Å². The second kappa shape index (κ2) is 7.06. The van der Waals surface area contributed by atoms with Gasteiger partial charge in [0.2, 0.25) is 0 Å². The molecule has 0 aliphatic rings. The van der Waals surface area contributed by atoms with Crippen LogP contribution in [-0.2, 0) is 0 Å². The molecule has 1 atom stereocenters. The van der Waals surface area contributed by atoms with Crippen LogP contribution in [0.4, 0.5) is 14.6 Å². The molecule has 2 heterocycles. The van der Waals surface area contributed by atoms with Crippen molar-refractivity contribution >= 4 is 16.7 Å². The number of hydrogen-bond acceptors (Lipinski definition) is 6. The van der Waals surface area contributed by atoms with Gasteiger partial charge in [-0.2, -0.15) is 4.98 Å². The van der Waals surface area contributed by atoms with E-state index < -0.39 is 18.3 Å². The summed E-state index contributed by atoms with van der Waals surface area (Å²) in [5.74, 6) is 0.561. The maximum atomic E-state index is 13.1. The van der Waals surface area contributed by atoms with E-state index in [4.69, 9.17) is 4.52 Å². The molecule has 136 valence electrons. The van der Waals surface area contributed by atoms with Gasteiger partial charge in [0.25, 0.3) is 12.3 Å². The lowest BCUT2D eigenvalue weighted by molar-refractivity contribution is 0.141. The number of halogens is 2. The van der Waals surface area contributed by atoms with E-state index in [2.05, 4.69) is 25.4 Å².